The van der Waals surface area contributed by atoms with Crippen LogP contribution >= 0.6 is 0 Å². The minimum absolute atomic E-state index is 0.339. The van der Waals surface area contributed by atoms with Gasteiger partial charge in [0.05, 0.1) is 5.69 Å². The van der Waals surface area contributed by atoms with Gasteiger partial charge in [-0.25, -0.2) is 0 Å². The lowest BCUT2D eigenvalue weighted by atomic mass is 10.1. The summed E-state index contributed by atoms with van der Waals surface area (Å²) in [7, 11) is 1.98. The predicted molar refractivity (Wildman–Crippen MR) is 67.2 cm³/mol. The largest absolute Gasteiger partial charge is 0.310 e. The van der Waals surface area contributed by atoms with E-state index in [0.29, 0.717) is 6.04 Å². The van der Waals surface area contributed by atoms with E-state index < -0.39 is 0 Å². The first-order valence-corrected chi connectivity index (χ1v) is 5.74. The molecule has 3 heteroatoms. The zero-order valence-corrected chi connectivity index (χ0v) is 10.7. The molecule has 1 heterocycles. The highest BCUT2D eigenvalue weighted by Crippen LogP contribution is 2.20. The molecule has 1 rings (SSSR count). The maximum atomic E-state index is 5.22. The number of hydrogen-bond acceptors (Lipinski definition) is 2. The third-order valence-electron chi connectivity index (χ3n) is 2.95. The Morgan fingerprint density at radius 1 is 1.50 bits per heavy atom. The molecule has 16 heavy (non-hydrogen) atoms. The van der Waals surface area contributed by atoms with Crippen molar-refractivity contribution in [1.29, 1.82) is 0 Å². The molecule has 3 nitrogen and oxygen atoms in total. The van der Waals surface area contributed by atoms with E-state index in [1.54, 1.807) is 0 Å². The maximum Gasteiger partial charge on any atom is 0.0644 e. The molecule has 0 bridgehead atoms. The van der Waals surface area contributed by atoms with E-state index in [4.69, 9.17) is 6.42 Å². The lowest BCUT2D eigenvalue weighted by Gasteiger charge is -2.14. The summed E-state index contributed by atoms with van der Waals surface area (Å²) in [5.41, 5.74) is 3.65. The molecule has 0 fully saturated rings. The first-order chi connectivity index (χ1) is 7.57. The van der Waals surface area contributed by atoms with Gasteiger partial charge in [-0.05, 0) is 33.7 Å². The number of aromatic nitrogens is 2. The zero-order chi connectivity index (χ0) is 12.1. The highest BCUT2D eigenvalue weighted by molar-refractivity contribution is 5.27. The molecule has 0 spiro atoms. The van der Waals surface area contributed by atoms with Crippen molar-refractivity contribution in [1.82, 2.24) is 15.1 Å². The summed E-state index contributed by atoms with van der Waals surface area (Å²) < 4.78 is 1.93. The van der Waals surface area contributed by atoms with E-state index in [-0.39, 0.29) is 0 Å². The van der Waals surface area contributed by atoms with E-state index >= 15 is 0 Å². The van der Waals surface area contributed by atoms with Crippen LogP contribution in [0, 0.1) is 26.2 Å². The molecule has 1 N–H and O–H groups in total. The molecule has 0 amide bonds. The van der Waals surface area contributed by atoms with Gasteiger partial charge in [-0.1, -0.05) is 0 Å². The monoisotopic (exact) mass is 219 g/mol. The van der Waals surface area contributed by atoms with Crippen molar-refractivity contribution in [3.63, 3.8) is 0 Å². The van der Waals surface area contributed by atoms with Gasteiger partial charge in [0, 0.05) is 30.8 Å². The van der Waals surface area contributed by atoms with Crippen LogP contribution in [0.2, 0.25) is 0 Å². The number of unbranched alkanes of at least 4 members (excludes halogenated alkanes) is 1. The van der Waals surface area contributed by atoms with Crippen LogP contribution in [0.25, 0.3) is 0 Å². The van der Waals surface area contributed by atoms with E-state index in [1.165, 1.54) is 11.3 Å². The quantitative estimate of drug-likeness (QED) is 0.607. The van der Waals surface area contributed by atoms with Crippen molar-refractivity contribution in [3.8, 4) is 12.3 Å². The Bertz CT molecular complexity index is 385. The first kappa shape index (κ1) is 12.8. The minimum atomic E-state index is 0.339. The molecule has 88 valence electrons. The van der Waals surface area contributed by atoms with Gasteiger partial charge in [0.2, 0.25) is 0 Å². The third-order valence-corrected chi connectivity index (χ3v) is 2.95. The Labute approximate surface area is 98.2 Å². The molecule has 0 radical (unpaired) electrons. The number of nitrogens with zero attached hydrogens (tertiary/aromatic N) is 2. The van der Waals surface area contributed by atoms with Gasteiger partial charge in [-0.3, -0.25) is 4.68 Å². The Morgan fingerprint density at radius 3 is 2.69 bits per heavy atom. The molecular formula is C13H21N3. The van der Waals surface area contributed by atoms with Crippen LogP contribution in [0.5, 0.6) is 0 Å². The molecule has 0 aliphatic rings. The van der Waals surface area contributed by atoms with Crippen LogP contribution in [-0.2, 0) is 7.05 Å². The standard InChI is InChI=1S/C13H21N3/c1-6-7-8-9-14-10(2)13-11(3)15-16(5)12(13)4/h1,10,14H,7-9H2,2-5H3. The summed E-state index contributed by atoms with van der Waals surface area (Å²) in [6, 6.07) is 0.339. The molecular weight excluding hydrogens is 198 g/mol. The first-order valence-electron chi connectivity index (χ1n) is 5.74. The summed E-state index contributed by atoms with van der Waals surface area (Å²) in [5, 5.41) is 7.90. The second-order valence-corrected chi connectivity index (χ2v) is 4.19. The Hall–Kier alpha value is -1.27. The predicted octanol–water partition coefficient (Wildman–Crippen LogP) is 2.10. The molecule has 1 atom stereocenters. The fourth-order valence-electron chi connectivity index (χ4n) is 2.03. The molecule has 1 aromatic rings. The van der Waals surface area contributed by atoms with Crippen molar-refractivity contribution in [3.05, 3.63) is 17.0 Å². The lowest BCUT2D eigenvalue weighted by Crippen LogP contribution is -2.20. The van der Waals surface area contributed by atoms with Gasteiger partial charge in [0.15, 0.2) is 0 Å². The van der Waals surface area contributed by atoms with E-state index in [0.717, 1.165) is 25.1 Å². The number of hydrogen-bond donors (Lipinski definition) is 1. The Balaban J connectivity index is 2.59. The smallest absolute Gasteiger partial charge is 0.0644 e. The van der Waals surface area contributed by atoms with Crippen molar-refractivity contribution >= 4 is 0 Å². The minimum Gasteiger partial charge on any atom is -0.310 e. The summed E-state index contributed by atoms with van der Waals surface area (Å²) >= 11 is 0. The number of terminal acetylenes is 1. The fraction of sp³-hybridized carbons (Fsp3) is 0.615. The van der Waals surface area contributed by atoms with E-state index in [1.807, 2.05) is 11.7 Å². The van der Waals surface area contributed by atoms with Crippen molar-refractivity contribution in [2.75, 3.05) is 6.54 Å². The average molecular weight is 219 g/mol. The molecule has 0 aliphatic carbocycles. The number of rotatable bonds is 5. The van der Waals surface area contributed by atoms with Crippen LogP contribution in [0.15, 0.2) is 0 Å². The van der Waals surface area contributed by atoms with Gasteiger partial charge in [-0.15, -0.1) is 12.3 Å². The van der Waals surface area contributed by atoms with Gasteiger partial charge in [-0.2, -0.15) is 5.10 Å². The topological polar surface area (TPSA) is 29.9 Å². The molecule has 1 aromatic heterocycles. The van der Waals surface area contributed by atoms with Crippen LogP contribution in [0.3, 0.4) is 0 Å². The van der Waals surface area contributed by atoms with Crippen LogP contribution < -0.4 is 5.32 Å². The van der Waals surface area contributed by atoms with Crippen LogP contribution in [0.4, 0.5) is 0 Å². The summed E-state index contributed by atoms with van der Waals surface area (Å²) in [6.45, 7) is 7.29. The van der Waals surface area contributed by atoms with Crippen molar-refractivity contribution < 1.29 is 0 Å². The van der Waals surface area contributed by atoms with Crippen LogP contribution in [-0.4, -0.2) is 16.3 Å². The number of nitrogens with one attached hydrogen (secondary N) is 1. The maximum absolute atomic E-state index is 5.22. The van der Waals surface area contributed by atoms with Gasteiger partial charge in [0.25, 0.3) is 0 Å². The van der Waals surface area contributed by atoms with Crippen molar-refractivity contribution in [2.24, 2.45) is 7.05 Å². The SMILES string of the molecule is C#CCCCNC(C)c1c(C)nn(C)c1C. The molecule has 1 unspecified atom stereocenters. The average Bonchev–Trinajstić information content (AvgIpc) is 2.48. The highest BCUT2D eigenvalue weighted by Gasteiger charge is 2.15. The summed E-state index contributed by atoms with van der Waals surface area (Å²) in [5.74, 6) is 2.65. The third kappa shape index (κ3) is 2.86. The number of aryl methyl sites for hydroxylation is 2. The Morgan fingerprint density at radius 2 is 2.19 bits per heavy atom. The van der Waals surface area contributed by atoms with E-state index in [2.05, 4.69) is 37.1 Å². The Kier molecular flexibility index (Phi) is 4.57. The normalized spacial score (nSPS) is 12.4. The zero-order valence-electron chi connectivity index (χ0n) is 10.7. The van der Waals surface area contributed by atoms with Gasteiger partial charge >= 0.3 is 0 Å². The molecule has 0 saturated heterocycles. The molecule has 0 aromatic carbocycles. The van der Waals surface area contributed by atoms with Crippen molar-refractivity contribution in [2.45, 2.75) is 39.7 Å². The second kappa shape index (κ2) is 5.72. The highest BCUT2D eigenvalue weighted by atomic mass is 15.3. The second-order valence-electron chi connectivity index (χ2n) is 4.19. The molecule has 0 aliphatic heterocycles. The van der Waals surface area contributed by atoms with E-state index in [9.17, 15) is 0 Å². The van der Waals surface area contributed by atoms with Gasteiger partial charge < -0.3 is 5.32 Å². The van der Waals surface area contributed by atoms with Gasteiger partial charge in [0.1, 0.15) is 0 Å². The lowest BCUT2D eigenvalue weighted by molar-refractivity contribution is 0.557. The summed E-state index contributed by atoms with van der Waals surface area (Å²) in [6.07, 6.45) is 7.08. The molecule has 0 saturated carbocycles. The fourth-order valence-corrected chi connectivity index (χ4v) is 2.03. The van der Waals surface area contributed by atoms with Crippen LogP contribution in [0.1, 0.15) is 42.8 Å². The summed E-state index contributed by atoms with van der Waals surface area (Å²) in [4.78, 5) is 0.